The molecule has 2 unspecified atom stereocenters. The summed E-state index contributed by atoms with van der Waals surface area (Å²) in [7, 11) is -3.87. The fourth-order valence-corrected chi connectivity index (χ4v) is 4.70. The monoisotopic (exact) mass is 490 g/mol. The first kappa shape index (κ1) is 24.1. The number of nitrogens with zero attached hydrogens (tertiary/aromatic N) is 1. The Morgan fingerprint density at radius 3 is 2.76 bits per heavy atom. The topological polar surface area (TPSA) is 146 Å². The standard InChI is InChI=1S/C22H23N2O9P/c1-3-22-13-31-16(17(22)33-34(2,28)29)19(32-22)24-12-15(18(25)23-21(24)27)10-7-11-30-20(26)14-8-5-4-6-9-14/h4-6,8-9,12,16-17,19H,3,11,13H2,1-2H3,(H,28,29)(H,23,25,27)/t16?,17-,19+,22+/m0/s1. The zero-order valence-electron chi connectivity index (χ0n) is 18.4. The molecular weight excluding hydrogens is 467 g/mol. The summed E-state index contributed by atoms with van der Waals surface area (Å²) in [6, 6.07) is 8.36. The largest absolute Gasteiger partial charge is 0.449 e. The Balaban J connectivity index is 1.55. The van der Waals surface area contributed by atoms with E-state index in [1.807, 2.05) is 6.92 Å². The number of nitrogens with one attached hydrogen (secondary N) is 1. The molecule has 4 rings (SSSR count). The van der Waals surface area contributed by atoms with Crippen LogP contribution in [0.1, 0.15) is 35.5 Å². The van der Waals surface area contributed by atoms with Crippen LogP contribution in [0.3, 0.4) is 0 Å². The van der Waals surface area contributed by atoms with E-state index in [2.05, 4.69) is 16.8 Å². The van der Waals surface area contributed by atoms with E-state index in [1.165, 1.54) is 6.20 Å². The van der Waals surface area contributed by atoms with Crippen LogP contribution in [0.15, 0.2) is 46.1 Å². The summed E-state index contributed by atoms with van der Waals surface area (Å²) in [4.78, 5) is 48.6. The van der Waals surface area contributed by atoms with Crippen molar-refractivity contribution in [2.75, 3.05) is 19.9 Å². The quantitative estimate of drug-likeness (QED) is 0.344. The zero-order chi connectivity index (χ0) is 24.5. The number of rotatable bonds is 6. The van der Waals surface area contributed by atoms with Crippen LogP contribution in [0.25, 0.3) is 0 Å². The molecule has 3 heterocycles. The molecule has 0 radical (unpaired) electrons. The third kappa shape index (κ3) is 4.78. The third-order valence-electron chi connectivity index (χ3n) is 5.63. The summed E-state index contributed by atoms with van der Waals surface area (Å²) in [5.41, 5.74) is -2.20. The highest BCUT2D eigenvalue weighted by Gasteiger charge is 2.63. The molecule has 0 spiro atoms. The summed E-state index contributed by atoms with van der Waals surface area (Å²) < 4.78 is 35.2. The van der Waals surface area contributed by atoms with Crippen LogP contribution in [0.5, 0.6) is 0 Å². The smallest absolute Gasteiger partial charge is 0.339 e. The summed E-state index contributed by atoms with van der Waals surface area (Å²) >= 11 is 0. The van der Waals surface area contributed by atoms with E-state index in [9.17, 15) is 23.8 Å². The van der Waals surface area contributed by atoms with Crippen LogP contribution in [-0.4, -0.2) is 58.1 Å². The molecule has 11 nitrogen and oxygen atoms in total. The van der Waals surface area contributed by atoms with Gasteiger partial charge in [0.1, 0.15) is 23.4 Å². The Bertz CT molecular complexity index is 1300. The molecule has 34 heavy (non-hydrogen) atoms. The number of aromatic nitrogens is 2. The molecule has 180 valence electrons. The lowest BCUT2D eigenvalue weighted by molar-refractivity contribution is -0.175. The van der Waals surface area contributed by atoms with Crippen LogP contribution in [0.4, 0.5) is 0 Å². The van der Waals surface area contributed by atoms with Crippen LogP contribution in [-0.2, 0) is 23.3 Å². The Hall–Kier alpha value is -3.00. The number of fused-ring (bicyclic) bond motifs is 2. The first-order valence-electron chi connectivity index (χ1n) is 10.5. The van der Waals surface area contributed by atoms with Gasteiger partial charge in [-0.25, -0.2) is 9.59 Å². The number of H-pyrrole nitrogens is 1. The van der Waals surface area contributed by atoms with Crippen molar-refractivity contribution in [3.8, 4) is 11.8 Å². The molecule has 1 aromatic carbocycles. The number of aromatic amines is 1. The molecule has 2 saturated heterocycles. The van der Waals surface area contributed by atoms with Crippen LogP contribution >= 0.6 is 7.60 Å². The lowest BCUT2D eigenvalue weighted by Gasteiger charge is -2.30. The van der Waals surface area contributed by atoms with E-state index in [0.717, 1.165) is 11.2 Å². The van der Waals surface area contributed by atoms with Crippen LogP contribution < -0.4 is 11.2 Å². The van der Waals surface area contributed by atoms with Crippen molar-refractivity contribution in [1.29, 1.82) is 0 Å². The molecule has 2 aromatic rings. The minimum atomic E-state index is -3.87. The molecule has 0 aliphatic carbocycles. The number of hydrogen-bond donors (Lipinski definition) is 2. The predicted octanol–water partition coefficient (Wildman–Crippen LogP) is 1.02. The first-order chi connectivity index (χ1) is 16.1. The molecule has 0 amide bonds. The average molecular weight is 490 g/mol. The van der Waals surface area contributed by atoms with Crippen molar-refractivity contribution < 1.29 is 33.0 Å². The average Bonchev–Trinajstić information content (AvgIpc) is 3.28. The van der Waals surface area contributed by atoms with Gasteiger partial charge in [-0.05, 0) is 18.6 Å². The van der Waals surface area contributed by atoms with Crippen molar-refractivity contribution in [2.24, 2.45) is 0 Å². The second kappa shape index (κ2) is 9.33. The van der Waals surface area contributed by atoms with Gasteiger partial charge in [-0.2, -0.15) is 0 Å². The molecule has 12 heteroatoms. The highest BCUT2D eigenvalue weighted by atomic mass is 31.2. The van der Waals surface area contributed by atoms with E-state index in [0.29, 0.717) is 12.0 Å². The van der Waals surface area contributed by atoms with Gasteiger partial charge in [0.15, 0.2) is 12.8 Å². The Morgan fingerprint density at radius 1 is 1.35 bits per heavy atom. The van der Waals surface area contributed by atoms with Gasteiger partial charge in [0, 0.05) is 12.9 Å². The van der Waals surface area contributed by atoms with Gasteiger partial charge >= 0.3 is 19.3 Å². The number of ether oxygens (including phenoxy) is 3. The second-order valence-corrected chi connectivity index (χ2v) is 9.80. The highest BCUT2D eigenvalue weighted by Crippen LogP contribution is 2.53. The number of carbonyl (C=O) groups excluding carboxylic acids is 1. The number of esters is 1. The predicted molar refractivity (Wildman–Crippen MR) is 118 cm³/mol. The number of carbonyl (C=O) groups is 1. The van der Waals surface area contributed by atoms with Crippen molar-refractivity contribution in [2.45, 2.75) is 37.4 Å². The summed E-state index contributed by atoms with van der Waals surface area (Å²) in [6.07, 6.45) is -1.12. The summed E-state index contributed by atoms with van der Waals surface area (Å²) in [6.45, 7) is 2.74. The van der Waals surface area contributed by atoms with Crippen molar-refractivity contribution >= 4 is 13.6 Å². The normalized spacial score (nSPS) is 27.0. The van der Waals surface area contributed by atoms with E-state index in [-0.39, 0.29) is 18.8 Å². The van der Waals surface area contributed by atoms with Crippen LogP contribution in [0, 0.1) is 11.8 Å². The molecule has 5 atom stereocenters. The Morgan fingerprint density at radius 2 is 2.09 bits per heavy atom. The van der Waals surface area contributed by atoms with Crippen molar-refractivity contribution in [1.82, 2.24) is 9.55 Å². The molecule has 2 aliphatic heterocycles. The Kier molecular flexibility index (Phi) is 6.62. The van der Waals surface area contributed by atoms with Gasteiger partial charge in [0.2, 0.25) is 0 Å². The summed E-state index contributed by atoms with van der Waals surface area (Å²) in [5, 5.41) is 0. The second-order valence-electron chi connectivity index (χ2n) is 7.98. The molecule has 2 aliphatic rings. The zero-order valence-corrected chi connectivity index (χ0v) is 19.3. The highest BCUT2D eigenvalue weighted by molar-refractivity contribution is 7.51. The molecule has 2 bridgehead atoms. The van der Waals surface area contributed by atoms with Crippen molar-refractivity contribution in [3.05, 3.63) is 68.5 Å². The molecule has 2 fully saturated rings. The number of benzene rings is 1. The van der Waals surface area contributed by atoms with Gasteiger partial charge in [-0.15, -0.1) is 0 Å². The lowest BCUT2D eigenvalue weighted by Crippen LogP contribution is -2.42. The van der Waals surface area contributed by atoms with E-state index in [4.69, 9.17) is 18.7 Å². The molecular formula is C22H23N2O9P. The lowest BCUT2D eigenvalue weighted by atomic mass is 9.96. The van der Waals surface area contributed by atoms with Gasteiger partial charge in [0.05, 0.1) is 12.2 Å². The van der Waals surface area contributed by atoms with Crippen molar-refractivity contribution in [3.63, 3.8) is 0 Å². The number of hydrogen-bond acceptors (Lipinski definition) is 8. The fourth-order valence-electron chi connectivity index (χ4n) is 3.97. The Labute approximate surface area is 194 Å². The van der Waals surface area contributed by atoms with Gasteiger partial charge in [-0.3, -0.25) is 23.4 Å². The van der Waals surface area contributed by atoms with Gasteiger partial charge < -0.3 is 19.1 Å². The maximum atomic E-state index is 12.5. The minimum Gasteiger partial charge on any atom is -0.449 e. The summed E-state index contributed by atoms with van der Waals surface area (Å²) in [5.74, 6) is 4.60. The molecule has 2 N–H and O–H groups in total. The van der Waals surface area contributed by atoms with E-state index < -0.39 is 48.9 Å². The first-order valence-corrected chi connectivity index (χ1v) is 12.5. The van der Waals surface area contributed by atoms with E-state index in [1.54, 1.807) is 30.3 Å². The molecule has 1 aromatic heterocycles. The SMILES string of the molecule is CC[C@]12COC([C@H](n3cc(C#CCOC(=O)c4ccccc4)c(=O)[nH]c3=O)O1)[C@@H]2OP(C)(=O)O. The molecule has 0 saturated carbocycles. The third-order valence-corrected chi connectivity index (χ3v) is 6.25. The maximum Gasteiger partial charge on any atom is 0.339 e. The maximum absolute atomic E-state index is 12.5. The fraction of sp³-hybridized carbons (Fsp3) is 0.409. The van der Waals surface area contributed by atoms with E-state index >= 15 is 0 Å². The van der Waals surface area contributed by atoms with Gasteiger partial charge in [-0.1, -0.05) is 37.0 Å². The van der Waals surface area contributed by atoms with Gasteiger partial charge in [0.25, 0.3) is 5.56 Å². The van der Waals surface area contributed by atoms with Crippen LogP contribution in [0.2, 0.25) is 0 Å². The minimum absolute atomic E-state index is 0.0620.